The van der Waals surface area contributed by atoms with Crippen molar-refractivity contribution in [1.82, 2.24) is 0 Å². The van der Waals surface area contributed by atoms with Crippen molar-refractivity contribution in [2.24, 2.45) is 0 Å². The van der Waals surface area contributed by atoms with Gasteiger partial charge in [0.15, 0.2) is 11.6 Å². The van der Waals surface area contributed by atoms with Crippen LogP contribution in [-0.2, 0) is 6.18 Å². The molecule has 0 fully saturated rings. The maximum Gasteiger partial charge on any atom is 0.416 e. The summed E-state index contributed by atoms with van der Waals surface area (Å²) in [5.74, 6) is -2.46. The van der Waals surface area contributed by atoms with E-state index in [4.69, 9.17) is 17.3 Å². The summed E-state index contributed by atoms with van der Waals surface area (Å²) >= 11 is 5.59. The van der Waals surface area contributed by atoms with Gasteiger partial charge in [-0.3, -0.25) is 0 Å². The molecule has 0 spiro atoms. The van der Waals surface area contributed by atoms with Crippen molar-refractivity contribution in [1.29, 1.82) is 0 Å². The lowest BCUT2D eigenvalue weighted by Gasteiger charge is -2.14. The van der Waals surface area contributed by atoms with E-state index in [1.54, 1.807) is 0 Å². The molecule has 21 heavy (non-hydrogen) atoms. The SMILES string of the molecule is Nc1ccc(F)c(F)c1Nc1cc(Cl)cc(C(F)(F)F)c1. The first-order valence-corrected chi connectivity index (χ1v) is 5.94. The predicted molar refractivity (Wildman–Crippen MR) is 70.5 cm³/mol. The van der Waals surface area contributed by atoms with E-state index in [0.717, 1.165) is 30.3 Å². The maximum absolute atomic E-state index is 13.6. The number of alkyl halides is 3. The Morgan fingerprint density at radius 3 is 2.33 bits per heavy atom. The smallest absolute Gasteiger partial charge is 0.397 e. The van der Waals surface area contributed by atoms with Crippen molar-refractivity contribution in [3.8, 4) is 0 Å². The maximum atomic E-state index is 13.6. The zero-order valence-electron chi connectivity index (χ0n) is 10.2. The summed E-state index contributed by atoms with van der Waals surface area (Å²) in [4.78, 5) is 0. The van der Waals surface area contributed by atoms with Gasteiger partial charge in [0.05, 0.1) is 11.3 Å². The molecule has 2 aromatic rings. The molecule has 0 heterocycles. The Bertz CT molecular complexity index is 685. The number of rotatable bonds is 2. The van der Waals surface area contributed by atoms with Crippen molar-refractivity contribution in [2.45, 2.75) is 6.18 Å². The van der Waals surface area contributed by atoms with Crippen molar-refractivity contribution < 1.29 is 22.0 Å². The lowest BCUT2D eigenvalue weighted by molar-refractivity contribution is -0.137. The zero-order chi connectivity index (χ0) is 15.8. The van der Waals surface area contributed by atoms with Gasteiger partial charge in [-0.05, 0) is 30.3 Å². The van der Waals surface area contributed by atoms with Gasteiger partial charge in [0.2, 0.25) is 0 Å². The molecule has 0 bridgehead atoms. The highest BCUT2D eigenvalue weighted by atomic mass is 35.5. The Hall–Kier alpha value is -2.02. The number of anilines is 3. The molecule has 0 aliphatic heterocycles. The molecule has 112 valence electrons. The summed E-state index contributed by atoms with van der Waals surface area (Å²) in [6.07, 6.45) is -4.62. The average molecular weight is 323 g/mol. The first kappa shape index (κ1) is 15.4. The van der Waals surface area contributed by atoms with Crippen LogP contribution in [0.1, 0.15) is 5.56 Å². The second-order valence-corrected chi connectivity index (χ2v) is 4.61. The summed E-state index contributed by atoms with van der Waals surface area (Å²) in [5, 5.41) is 2.10. The van der Waals surface area contributed by atoms with E-state index in [2.05, 4.69) is 5.32 Å². The minimum Gasteiger partial charge on any atom is -0.397 e. The molecule has 0 radical (unpaired) electrons. The highest BCUT2D eigenvalue weighted by Gasteiger charge is 2.31. The lowest BCUT2D eigenvalue weighted by atomic mass is 10.1. The van der Waals surface area contributed by atoms with Gasteiger partial charge < -0.3 is 11.1 Å². The summed E-state index contributed by atoms with van der Waals surface area (Å²) in [6, 6.07) is 4.49. The van der Waals surface area contributed by atoms with Crippen LogP contribution in [0.2, 0.25) is 5.02 Å². The van der Waals surface area contributed by atoms with Crippen molar-refractivity contribution >= 4 is 28.7 Å². The number of nitrogens with one attached hydrogen (secondary N) is 1. The first-order chi connectivity index (χ1) is 9.68. The molecule has 2 rings (SSSR count). The summed E-state index contributed by atoms with van der Waals surface area (Å²) in [7, 11) is 0. The third kappa shape index (κ3) is 3.36. The Labute approximate surface area is 121 Å². The van der Waals surface area contributed by atoms with Crippen LogP contribution < -0.4 is 11.1 Å². The van der Waals surface area contributed by atoms with Gasteiger partial charge in [0.1, 0.15) is 5.69 Å². The van der Waals surface area contributed by atoms with E-state index in [9.17, 15) is 22.0 Å². The largest absolute Gasteiger partial charge is 0.416 e. The van der Waals surface area contributed by atoms with E-state index >= 15 is 0 Å². The molecule has 0 aromatic heterocycles. The Balaban J connectivity index is 2.46. The van der Waals surface area contributed by atoms with Crippen molar-refractivity contribution in [3.05, 3.63) is 52.6 Å². The molecule has 0 aliphatic rings. The van der Waals surface area contributed by atoms with Crippen LogP contribution in [0.5, 0.6) is 0 Å². The molecule has 2 aromatic carbocycles. The molecule has 0 saturated heterocycles. The van der Waals surface area contributed by atoms with Crippen molar-refractivity contribution in [2.75, 3.05) is 11.1 Å². The fraction of sp³-hybridized carbons (Fsp3) is 0.0769. The molecular formula is C13H8ClF5N2. The quantitative estimate of drug-likeness (QED) is 0.605. The molecular weight excluding hydrogens is 315 g/mol. The van der Waals surface area contributed by atoms with Gasteiger partial charge in [0, 0.05) is 10.7 Å². The molecule has 8 heteroatoms. The third-order valence-electron chi connectivity index (χ3n) is 2.62. The molecule has 2 nitrogen and oxygen atoms in total. The van der Waals surface area contributed by atoms with Crippen molar-refractivity contribution in [3.63, 3.8) is 0 Å². The second-order valence-electron chi connectivity index (χ2n) is 4.18. The molecule has 0 atom stereocenters. The number of halogens is 6. The van der Waals surface area contributed by atoms with Gasteiger partial charge in [-0.2, -0.15) is 13.2 Å². The number of hydrogen-bond acceptors (Lipinski definition) is 2. The van der Waals surface area contributed by atoms with Crippen LogP contribution in [0.4, 0.5) is 39.0 Å². The van der Waals surface area contributed by atoms with Gasteiger partial charge in [0.25, 0.3) is 0 Å². The van der Waals surface area contributed by atoms with Crippen LogP contribution >= 0.6 is 11.6 Å². The topological polar surface area (TPSA) is 38.0 Å². The summed E-state index contributed by atoms with van der Waals surface area (Å²) < 4.78 is 64.7. The third-order valence-corrected chi connectivity index (χ3v) is 2.84. The molecule has 0 unspecified atom stereocenters. The Morgan fingerprint density at radius 1 is 1.05 bits per heavy atom. The Morgan fingerprint density at radius 2 is 1.71 bits per heavy atom. The molecule has 0 saturated carbocycles. The molecule has 3 N–H and O–H groups in total. The van der Waals surface area contributed by atoms with E-state index in [-0.39, 0.29) is 16.4 Å². The zero-order valence-corrected chi connectivity index (χ0v) is 11.0. The van der Waals surface area contributed by atoms with Gasteiger partial charge in [-0.15, -0.1) is 0 Å². The van der Waals surface area contributed by atoms with E-state index in [1.165, 1.54) is 0 Å². The average Bonchev–Trinajstić information content (AvgIpc) is 2.38. The fourth-order valence-electron chi connectivity index (χ4n) is 1.66. The lowest BCUT2D eigenvalue weighted by Crippen LogP contribution is -2.06. The minimum absolute atomic E-state index is 0.151. The molecule has 0 amide bonds. The highest BCUT2D eigenvalue weighted by Crippen LogP contribution is 2.35. The van der Waals surface area contributed by atoms with E-state index in [1.807, 2.05) is 0 Å². The van der Waals surface area contributed by atoms with Gasteiger partial charge in [-0.25, -0.2) is 8.78 Å². The van der Waals surface area contributed by atoms with Gasteiger partial charge in [-0.1, -0.05) is 11.6 Å². The van der Waals surface area contributed by atoms with Crippen LogP contribution in [0.15, 0.2) is 30.3 Å². The van der Waals surface area contributed by atoms with Crippen LogP contribution in [0.3, 0.4) is 0 Å². The second kappa shape index (κ2) is 5.40. The Kier molecular flexibility index (Phi) is 3.95. The van der Waals surface area contributed by atoms with E-state index < -0.39 is 29.1 Å². The standard InChI is InChI=1S/C13H8ClF5N2/c14-7-3-6(13(17,18)19)4-8(5-7)21-12-10(20)2-1-9(15)11(12)16/h1-5,21H,20H2. The van der Waals surface area contributed by atoms with Crippen LogP contribution in [0, 0.1) is 11.6 Å². The van der Waals surface area contributed by atoms with Gasteiger partial charge >= 0.3 is 6.18 Å². The normalized spacial score (nSPS) is 11.5. The number of nitrogens with two attached hydrogens (primary N) is 1. The summed E-state index contributed by atoms with van der Waals surface area (Å²) in [6.45, 7) is 0. The molecule has 0 aliphatic carbocycles. The van der Waals surface area contributed by atoms with Crippen LogP contribution in [-0.4, -0.2) is 0 Å². The fourth-order valence-corrected chi connectivity index (χ4v) is 1.90. The predicted octanol–water partition coefficient (Wildman–Crippen LogP) is 4.96. The first-order valence-electron chi connectivity index (χ1n) is 5.57. The summed E-state index contributed by atoms with van der Waals surface area (Å²) in [5.41, 5.74) is 3.69. The van der Waals surface area contributed by atoms with Crippen LogP contribution in [0.25, 0.3) is 0 Å². The van der Waals surface area contributed by atoms with E-state index in [0.29, 0.717) is 0 Å². The number of nitrogen functional groups attached to an aromatic ring is 1. The monoisotopic (exact) mass is 322 g/mol. The number of benzene rings is 2. The minimum atomic E-state index is -4.62. The highest BCUT2D eigenvalue weighted by molar-refractivity contribution is 6.31. The number of hydrogen-bond donors (Lipinski definition) is 2.